The minimum Gasteiger partial charge on any atom is -0.393 e. The summed E-state index contributed by atoms with van der Waals surface area (Å²) in [7, 11) is 0. The van der Waals surface area contributed by atoms with Gasteiger partial charge >= 0.3 is 6.03 Å². The maximum Gasteiger partial charge on any atom is 0.328 e. The van der Waals surface area contributed by atoms with Gasteiger partial charge in [-0.3, -0.25) is 20.2 Å². The van der Waals surface area contributed by atoms with Crippen LogP contribution in [-0.2, 0) is 9.59 Å². The van der Waals surface area contributed by atoms with Gasteiger partial charge in [-0.15, -0.1) is 0 Å². The lowest BCUT2D eigenvalue weighted by Crippen LogP contribution is -2.67. The number of hydrogen-bond acceptors (Lipinski definition) is 4. The van der Waals surface area contributed by atoms with Crippen molar-refractivity contribution >= 4 is 17.8 Å². The van der Waals surface area contributed by atoms with Crippen molar-refractivity contribution < 1.29 is 19.5 Å². The van der Waals surface area contributed by atoms with Crippen LogP contribution < -0.4 is 10.6 Å². The largest absolute Gasteiger partial charge is 0.393 e. The summed E-state index contributed by atoms with van der Waals surface area (Å²) in [5, 5.41) is 15.2. The molecule has 2 aromatic carbocycles. The fraction of sp³-hybridized carbons (Fsp3) is 0.286. The van der Waals surface area contributed by atoms with Gasteiger partial charge < -0.3 is 5.11 Å². The Bertz CT molecular complexity index is 810. The average Bonchev–Trinajstić information content (AvgIpc) is 2.67. The summed E-state index contributed by atoms with van der Waals surface area (Å²) in [6.07, 6.45) is -0.130. The molecule has 6 heteroatoms. The molecule has 1 heterocycles. The van der Waals surface area contributed by atoms with E-state index in [4.69, 9.17) is 0 Å². The molecule has 2 unspecified atom stereocenters. The van der Waals surface area contributed by atoms with Gasteiger partial charge in [0.05, 0.1) is 6.10 Å². The van der Waals surface area contributed by atoms with Crippen molar-refractivity contribution in [3.8, 4) is 0 Å². The van der Waals surface area contributed by atoms with Crippen molar-refractivity contribution in [2.75, 3.05) is 0 Å². The third-order valence-corrected chi connectivity index (χ3v) is 5.72. The van der Waals surface area contributed by atoms with Gasteiger partial charge in [0.1, 0.15) is 5.41 Å². The van der Waals surface area contributed by atoms with Crippen molar-refractivity contribution in [3.63, 3.8) is 0 Å². The number of urea groups is 1. The highest BCUT2D eigenvalue weighted by Crippen LogP contribution is 2.56. The lowest BCUT2D eigenvalue weighted by Gasteiger charge is -2.49. The normalized spacial score (nSPS) is 27.1. The van der Waals surface area contributed by atoms with Crippen LogP contribution in [-0.4, -0.2) is 29.1 Å². The van der Waals surface area contributed by atoms with E-state index in [-0.39, 0.29) is 12.8 Å². The molecular formula is C21H20N2O4. The Kier molecular flexibility index (Phi) is 4.28. The molecule has 3 N–H and O–H groups in total. The third kappa shape index (κ3) is 2.73. The number of nitrogens with one attached hydrogen (secondary N) is 2. The number of aliphatic hydroxyl groups is 1. The van der Waals surface area contributed by atoms with Crippen molar-refractivity contribution in [1.29, 1.82) is 0 Å². The predicted molar refractivity (Wildman–Crippen MR) is 97.7 cm³/mol. The highest BCUT2D eigenvalue weighted by Gasteiger charge is 2.63. The number of imide groups is 2. The second-order valence-corrected chi connectivity index (χ2v) is 7.16. The molecule has 138 valence electrons. The van der Waals surface area contributed by atoms with Crippen LogP contribution in [0.25, 0.3) is 0 Å². The molecule has 2 atom stereocenters. The topological polar surface area (TPSA) is 95.5 Å². The Morgan fingerprint density at radius 2 is 1.15 bits per heavy atom. The quantitative estimate of drug-likeness (QED) is 0.711. The standard InChI is InChI=1S/C21H20N2O4/c24-15-11-16(13-7-3-1-4-8-13)21(18(25)22-20(27)23-19(21)26)17(12-15)14-9-5-2-6-10-14/h1-10,15-17,24H,11-12H2,(H2,22,23,25,26,27). The molecule has 6 nitrogen and oxygen atoms in total. The first-order valence-electron chi connectivity index (χ1n) is 8.98. The molecule has 4 rings (SSSR count). The summed E-state index contributed by atoms with van der Waals surface area (Å²) in [5.41, 5.74) is 0.0733. The second-order valence-electron chi connectivity index (χ2n) is 7.16. The van der Waals surface area contributed by atoms with Crippen molar-refractivity contribution in [2.45, 2.75) is 30.8 Å². The maximum absolute atomic E-state index is 13.2. The Balaban J connectivity index is 1.93. The Morgan fingerprint density at radius 1 is 0.741 bits per heavy atom. The van der Waals surface area contributed by atoms with E-state index in [1.165, 1.54) is 0 Å². The monoisotopic (exact) mass is 364 g/mol. The molecule has 1 aliphatic heterocycles. The number of rotatable bonds is 2. The first kappa shape index (κ1) is 17.4. The SMILES string of the molecule is O=C1NC(=O)C2(C(=O)N1)C(c1ccccc1)CC(O)CC2c1ccccc1. The lowest BCUT2D eigenvalue weighted by atomic mass is 9.54. The first-order chi connectivity index (χ1) is 13.0. The first-order valence-corrected chi connectivity index (χ1v) is 8.98. The van der Waals surface area contributed by atoms with Gasteiger partial charge in [0, 0.05) is 11.8 Å². The van der Waals surface area contributed by atoms with Gasteiger partial charge in [-0.25, -0.2) is 4.79 Å². The number of amides is 4. The van der Waals surface area contributed by atoms with Gasteiger partial charge in [0.2, 0.25) is 11.8 Å². The Labute approximate surface area is 156 Å². The van der Waals surface area contributed by atoms with E-state index < -0.39 is 41.2 Å². The van der Waals surface area contributed by atoms with Gasteiger partial charge in [0.15, 0.2) is 0 Å². The van der Waals surface area contributed by atoms with Crippen LogP contribution >= 0.6 is 0 Å². The van der Waals surface area contributed by atoms with E-state index in [2.05, 4.69) is 10.6 Å². The number of benzene rings is 2. The van der Waals surface area contributed by atoms with Gasteiger partial charge in [-0.1, -0.05) is 60.7 Å². The summed E-state index contributed by atoms with van der Waals surface area (Å²) in [6.45, 7) is 0. The lowest BCUT2D eigenvalue weighted by molar-refractivity contribution is -0.152. The van der Waals surface area contributed by atoms with E-state index in [1.54, 1.807) is 0 Å². The summed E-state index contributed by atoms with van der Waals surface area (Å²) in [4.78, 5) is 38.1. The number of hydrogen-bond donors (Lipinski definition) is 3. The second kappa shape index (κ2) is 6.63. The maximum atomic E-state index is 13.2. The van der Waals surface area contributed by atoms with Crippen LogP contribution in [0, 0.1) is 5.41 Å². The number of barbiturate groups is 1. The van der Waals surface area contributed by atoms with Crippen LogP contribution in [0.4, 0.5) is 4.79 Å². The molecule has 1 spiro atoms. The van der Waals surface area contributed by atoms with E-state index in [9.17, 15) is 19.5 Å². The summed E-state index contributed by atoms with van der Waals surface area (Å²) < 4.78 is 0. The zero-order valence-corrected chi connectivity index (χ0v) is 14.6. The van der Waals surface area contributed by atoms with Gasteiger partial charge in [-0.2, -0.15) is 0 Å². The minimum atomic E-state index is -1.50. The van der Waals surface area contributed by atoms with Crippen LogP contribution in [0.1, 0.15) is 35.8 Å². The average molecular weight is 364 g/mol. The number of aliphatic hydroxyl groups excluding tert-OH is 1. The predicted octanol–water partition coefficient (Wildman–Crippen LogP) is 2.06. The molecule has 1 aliphatic carbocycles. The molecule has 2 fully saturated rings. The highest BCUT2D eigenvalue weighted by molar-refractivity contribution is 6.20. The highest BCUT2D eigenvalue weighted by atomic mass is 16.3. The summed E-state index contributed by atoms with van der Waals surface area (Å²) in [5.74, 6) is -2.32. The minimum absolute atomic E-state index is 0.266. The fourth-order valence-electron chi connectivity index (χ4n) is 4.60. The van der Waals surface area contributed by atoms with E-state index >= 15 is 0 Å². The van der Waals surface area contributed by atoms with E-state index in [0.29, 0.717) is 0 Å². The molecule has 4 amide bonds. The van der Waals surface area contributed by atoms with Crippen molar-refractivity contribution in [1.82, 2.24) is 10.6 Å². The molecule has 27 heavy (non-hydrogen) atoms. The summed E-state index contributed by atoms with van der Waals surface area (Å²) in [6, 6.07) is 17.7. The molecule has 2 aromatic rings. The van der Waals surface area contributed by atoms with Crippen LogP contribution in [0.2, 0.25) is 0 Å². The molecule has 1 saturated carbocycles. The third-order valence-electron chi connectivity index (χ3n) is 5.72. The molecule has 0 aromatic heterocycles. The smallest absolute Gasteiger partial charge is 0.328 e. The Hall–Kier alpha value is -2.99. The zero-order chi connectivity index (χ0) is 19.0. The van der Waals surface area contributed by atoms with Gasteiger partial charge in [0.25, 0.3) is 0 Å². The molecule has 1 saturated heterocycles. The molecular weight excluding hydrogens is 344 g/mol. The Morgan fingerprint density at radius 3 is 1.56 bits per heavy atom. The van der Waals surface area contributed by atoms with E-state index in [1.807, 2.05) is 60.7 Å². The molecule has 2 aliphatic rings. The number of carbonyl (C=O) groups excluding carboxylic acids is 3. The van der Waals surface area contributed by atoms with Crippen LogP contribution in [0.5, 0.6) is 0 Å². The van der Waals surface area contributed by atoms with E-state index in [0.717, 1.165) is 11.1 Å². The van der Waals surface area contributed by atoms with Gasteiger partial charge in [-0.05, 0) is 24.0 Å². The van der Waals surface area contributed by atoms with Crippen molar-refractivity contribution in [2.24, 2.45) is 5.41 Å². The van der Waals surface area contributed by atoms with Crippen LogP contribution in [0.3, 0.4) is 0 Å². The zero-order valence-electron chi connectivity index (χ0n) is 14.6. The molecule has 0 bridgehead atoms. The number of carbonyl (C=O) groups is 3. The molecule has 0 radical (unpaired) electrons. The summed E-state index contributed by atoms with van der Waals surface area (Å²) >= 11 is 0. The van der Waals surface area contributed by atoms with Crippen molar-refractivity contribution in [3.05, 3.63) is 71.8 Å². The van der Waals surface area contributed by atoms with Crippen LogP contribution in [0.15, 0.2) is 60.7 Å². The fourth-order valence-corrected chi connectivity index (χ4v) is 4.60.